The molecule has 1 N–H and O–H groups in total. The van der Waals surface area contributed by atoms with Crippen LogP contribution in [0.1, 0.15) is 29.6 Å². The van der Waals surface area contributed by atoms with Gasteiger partial charge in [-0.3, -0.25) is 9.59 Å². The Kier molecular flexibility index (Phi) is 5.48. The molecule has 1 aliphatic rings. The molecule has 0 radical (unpaired) electrons. The Bertz CT molecular complexity index is 572. The molecule has 0 atom stereocenters. The van der Waals surface area contributed by atoms with E-state index < -0.39 is 0 Å². The predicted molar refractivity (Wildman–Crippen MR) is 78.3 cm³/mol. The van der Waals surface area contributed by atoms with E-state index in [0.717, 1.165) is 12.8 Å². The summed E-state index contributed by atoms with van der Waals surface area (Å²) in [4.78, 5) is 25.3. The molecule has 0 saturated carbocycles. The Balaban J connectivity index is 1.79. The van der Waals surface area contributed by atoms with Crippen LogP contribution >= 0.6 is 0 Å². The first-order valence-electron chi connectivity index (χ1n) is 7.28. The number of likely N-dealkylation sites (tertiary alicyclic amines) is 1. The lowest BCUT2D eigenvalue weighted by Crippen LogP contribution is -2.41. The summed E-state index contributed by atoms with van der Waals surface area (Å²) in [5.74, 6) is -0.387. The highest BCUT2D eigenvalue weighted by Gasteiger charge is 2.23. The SMILES string of the molecule is N#CCC(=O)NCC1CCN(C(=O)c2ccc(F)cc2)CC1. The fourth-order valence-corrected chi connectivity index (χ4v) is 2.51. The van der Waals surface area contributed by atoms with Crippen LogP contribution in [-0.2, 0) is 4.79 Å². The Labute approximate surface area is 128 Å². The first kappa shape index (κ1) is 16.0. The van der Waals surface area contributed by atoms with Gasteiger partial charge in [0.25, 0.3) is 5.91 Å². The molecule has 116 valence electrons. The van der Waals surface area contributed by atoms with Crippen molar-refractivity contribution in [3.8, 4) is 6.07 Å². The molecule has 1 saturated heterocycles. The summed E-state index contributed by atoms with van der Waals surface area (Å²) in [7, 11) is 0. The number of carbonyl (C=O) groups is 2. The molecule has 1 fully saturated rings. The van der Waals surface area contributed by atoms with Gasteiger partial charge >= 0.3 is 0 Å². The summed E-state index contributed by atoms with van der Waals surface area (Å²) in [6, 6.07) is 7.36. The lowest BCUT2D eigenvalue weighted by Gasteiger charge is -2.32. The minimum absolute atomic E-state index is 0.0908. The predicted octanol–water partition coefficient (Wildman–Crippen LogP) is 1.71. The summed E-state index contributed by atoms with van der Waals surface area (Å²) >= 11 is 0. The molecule has 22 heavy (non-hydrogen) atoms. The lowest BCUT2D eigenvalue weighted by atomic mass is 9.96. The first-order chi connectivity index (χ1) is 10.6. The molecule has 2 rings (SSSR count). The zero-order valence-corrected chi connectivity index (χ0v) is 12.2. The van der Waals surface area contributed by atoms with Gasteiger partial charge in [-0.2, -0.15) is 5.26 Å². The van der Waals surface area contributed by atoms with Gasteiger partial charge in [0.1, 0.15) is 12.2 Å². The number of carbonyl (C=O) groups excluding carboxylic acids is 2. The Hall–Kier alpha value is -2.42. The molecule has 2 amide bonds. The topological polar surface area (TPSA) is 73.2 Å². The van der Waals surface area contributed by atoms with Crippen molar-refractivity contribution in [2.24, 2.45) is 5.92 Å². The number of benzene rings is 1. The van der Waals surface area contributed by atoms with Crippen LogP contribution in [-0.4, -0.2) is 36.3 Å². The number of amides is 2. The van der Waals surface area contributed by atoms with Gasteiger partial charge in [-0.05, 0) is 43.0 Å². The van der Waals surface area contributed by atoms with Gasteiger partial charge in [-0.25, -0.2) is 4.39 Å². The third-order valence-corrected chi connectivity index (χ3v) is 3.82. The highest BCUT2D eigenvalue weighted by Crippen LogP contribution is 2.18. The maximum atomic E-state index is 12.9. The molecule has 0 unspecified atom stereocenters. The monoisotopic (exact) mass is 303 g/mol. The number of hydrogen-bond donors (Lipinski definition) is 1. The highest BCUT2D eigenvalue weighted by molar-refractivity contribution is 5.94. The summed E-state index contributed by atoms with van der Waals surface area (Å²) in [5.41, 5.74) is 0.488. The zero-order valence-electron chi connectivity index (χ0n) is 12.2. The van der Waals surface area contributed by atoms with E-state index in [4.69, 9.17) is 5.26 Å². The fraction of sp³-hybridized carbons (Fsp3) is 0.438. The Morgan fingerprint density at radius 3 is 2.50 bits per heavy atom. The molecule has 0 aromatic heterocycles. The minimum Gasteiger partial charge on any atom is -0.355 e. The average molecular weight is 303 g/mol. The van der Waals surface area contributed by atoms with Crippen molar-refractivity contribution in [1.82, 2.24) is 10.2 Å². The number of rotatable bonds is 4. The number of nitrogens with one attached hydrogen (secondary N) is 1. The third-order valence-electron chi connectivity index (χ3n) is 3.82. The van der Waals surface area contributed by atoms with Crippen LogP contribution in [0.3, 0.4) is 0 Å². The second-order valence-electron chi connectivity index (χ2n) is 5.38. The highest BCUT2D eigenvalue weighted by atomic mass is 19.1. The largest absolute Gasteiger partial charge is 0.355 e. The number of hydrogen-bond acceptors (Lipinski definition) is 3. The van der Waals surface area contributed by atoms with Gasteiger partial charge in [0.15, 0.2) is 0 Å². The molecule has 1 aliphatic heterocycles. The third kappa shape index (κ3) is 4.29. The van der Waals surface area contributed by atoms with E-state index >= 15 is 0 Å². The van der Waals surface area contributed by atoms with Crippen molar-refractivity contribution in [3.05, 3.63) is 35.6 Å². The van der Waals surface area contributed by atoms with Gasteiger partial charge in [-0.1, -0.05) is 0 Å². The van der Waals surface area contributed by atoms with E-state index in [1.807, 2.05) is 6.07 Å². The van der Waals surface area contributed by atoms with E-state index in [1.165, 1.54) is 24.3 Å². The van der Waals surface area contributed by atoms with Crippen LogP contribution in [0, 0.1) is 23.1 Å². The molecular weight excluding hydrogens is 285 g/mol. The molecular formula is C16H18FN3O2. The van der Waals surface area contributed by atoms with Gasteiger partial charge in [0.2, 0.25) is 5.91 Å². The zero-order chi connectivity index (χ0) is 15.9. The van der Waals surface area contributed by atoms with Crippen molar-refractivity contribution in [3.63, 3.8) is 0 Å². The Morgan fingerprint density at radius 1 is 1.27 bits per heavy atom. The van der Waals surface area contributed by atoms with Gasteiger partial charge in [-0.15, -0.1) is 0 Å². The normalized spacial score (nSPS) is 15.2. The second kappa shape index (κ2) is 7.55. The molecule has 0 bridgehead atoms. The van der Waals surface area contributed by atoms with Crippen LogP contribution < -0.4 is 5.32 Å². The molecule has 1 aromatic rings. The van der Waals surface area contributed by atoms with Crippen LogP contribution in [0.5, 0.6) is 0 Å². The standard InChI is InChI=1S/C16H18FN3O2/c17-14-3-1-13(2-4-14)16(22)20-9-6-12(7-10-20)11-19-15(21)5-8-18/h1-4,12H,5-7,9-11H2,(H,19,21). The quantitative estimate of drug-likeness (QED) is 0.920. The molecule has 6 heteroatoms. The molecule has 0 aliphatic carbocycles. The van der Waals surface area contributed by atoms with Crippen LogP contribution in [0.4, 0.5) is 4.39 Å². The van der Waals surface area contributed by atoms with Crippen molar-refractivity contribution in [1.29, 1.82) is 5.26 Å². The van der Waals surface area contributed by atoms with Crippen molar-refractivity contribution >= 4 is 11.8 Å². The number of nitriles is 1. The van der Waals surface area contributed by atoms with Gasteiger partial charge in [0, 0.05) is 25.2 Å². The van der Waals surface area contributed by atoms with Crippen molar-refractivity contribution in [2.75, 3.05) is 19.6 Å². The smallest absolute Gasteiger partial charge is 0.253 e. The summed E-state index contributed by atoms with van der Waals surface area (Å²) in [5, 5.41) is 11.1. The lowest BCUT2D eigenvalue weighted by molar-refractivity contribution is -0.120. The van der Waals surface area contributed by atoms with Gasteiger partial charge in [0.05, 0.1) is 6.07 Å². The van der Waals surface area contributed by atoms with Crippen molar-refractivity contribution in [2.45, 2.75) is 19.3 Å². The molecule has 1 aromatic carbocycles. The van der Waals surface area contributed by atoms with Gasteiger partial charge < -0.3 is 10.2 Å². The number of halogens is 1. The van der Waals surface area contributed by atoms with E-state index in [0.29, 0.717) is 31.1 Å². The maximum absolute atomic E-state index is 12.9. The van der Waals surface area contributed by atoms with E-state index in [2.05, 4.69) is 5.32 Å². The first-order valence-corrected chi connectivity index (χ1v) is 7.28. The van der Waals surface area contributed by atoms with Crippen LogP contribution in [0.25, 0.3) is 0 Å². The molecule has 0 spiro atoms. The van der Waals surface area contributed by atoms with Crippen molar-refractivity contribution < 1.29 is 14.0 Å². The fourth-order valence-electron chi connectivity index (χ4n) is 2.51. The molecule has 1 heterocycles. The summed E-state index contributed by atoms with van der Waals surface area (Å²) < 4.78 is 12.9. The molecule has 5 nitrogen and oxygen atoms in total. The average Bonchev–Trinajstić information content (AvgIpc) is 2.54. The minimum atomic E-state index is -0.358. The second-order valence-corrected chi connectivity index (χ2v) is 5.38. The van der Waals surface area contributed by atoms with E-state index in [-0.39, 0.29) is 24.1 Å². The Morgan fingerprint density at radius 2 is 1.91 bits per heavy atom. The number of piperidine rings is 1. The summed E-state index contributed by atoms with van der Waals surface area (Å²) in [6.07, 6.45) is 1.49. The van der Waals surface area contributed by atoms with Crippen LogP contribution in [0.15, 0.2) is 24.3 Å². The maximum Gasteiger partial charge on any atom is 0.253 e. The van der Waals surface area contributed by atoms with E-state index in [9.17, 15) is 14.0 Å². The van der Waals surface area contributed by atoms with E-state index in [1.54, 1.807) is 4.90 Å². The number of nitrogens with zero attached hydrogens (tertiary/aromatic N) is 2. The summed E-state index contributed by atoms with van der Waals surface area (Å²) in [6.45, 7) is 1.78. The van der Waals surface area contributed by atoms with Crippen LogP contribution in [0.2, 0.25) is 0 Å².